The van der Waals surface area contributed by atoms with E-state index < -0.39 is 17.7 Å². The second kappa shape index (κ2) is 12.5. The number of hydrazone groups is 1. The minimum atomic E-state index is -0.843. The van der Waals surface area contributed by atoms with Crippen molar-refractivity contribution < 1.29 is 19.1 Å². The Morgan fingerprint density at radius 1 is 1.09 bits per heavy atom. The monoisotopic (exact) mass is 500 g/mol. The Labute approximate surface area is 211 Å². The number of Topliss-reactive ketones (excluding diaryl/α,β-unsaturated/α-hetero) is 1. The number of hydrogen-bond donors (Lipinski definition) is 2. The van der Waals surface area contributed by atoms with Gasteiger partial charge >= 0.3 is 5.91 Å². The van der Waals surface area contributed by atoms with Crippen LogP contribution < -0.4 is 10.7 Å². The molecule has 1 aliphatic carbocycles. The van der Waals surface area contributed by atoms with Crippen LogP contribution in [0.25, 0.3) is 0 Å². The lowest BCUT2D eigenvalue weighted by molar-refractivity contribution is -0.142. The highest BCUT2D eigenvalue weighted by Crippen LogP contribution is 2.27. The quantitative estimate of drug-likeness (QED) is 0.420. The Kier molecular flexibility index (Phi) is 9.20. The summed E-state index contributed by atoms with van der Waals surface area (Å²) in [7, 11) is 0. The van der Waals surface area contributed by atoms with Crippen LogP contribution in [0.5, 0.6) is 0 Å². The van der Waals surface area contributed by atoms with Crippen LogP contribution in [0.1, 0.15) is 57.4 Å². The molecule has 2 amide bonds. The molecule has 0 aromatic heterocycles. The van der Waals surface area contributed by atoms with Crippen LogP contribution in [0.2, 0.25) is 0 Å². The largest absolute Gasteiger partial charge is 0.381 e. The molecule has 4 rings (SSSR count). The van der Waals surface area contributed by atoms with Gasteiger partial charge in [-0.2, -0.15) is 0 Å². The van der Waals surface area contributed by atoms with Gasteiger partial charge in [-0.25, -0.2) is 5.43 Å². The summed E-state index contributed by atoms with van der Waals surface area (Å²) in [5.41, 5.74) is 3.64. The van der Waals surface area contributed by atoms with Crippen molar-refractivity contribution in [1.29, 1.82) is 0 Å². The predicted octanol–water partition coefficient (Wildman–Crippen LogP) is 3.07. The van der Waals surface area contributed by atoms with E-state index in [0.717, 1.165) is 43.4 Å². The van der Waals surface area contributed by atoms with E-state index in [9.17, 15) is 14.4 Å². The summed E-state index contributed by atoms with van der Waals surface area (Å²) in [5.74, 6) is -0.850. The van der Waals surface area contributed by atoms with Gasteiger partial charge in [0.15, 0.2) is 5.17 Å². The van der Waals surface area contributed by atoms with Crippen molar-refractivity contribution in [3.05, 3.63) is 35.9 Å². The van der Waals surface area contributed by atoms with Gasteiger partial charge in [-0.1, -0.05) is 61.4 Å². The Hall–Kier alpha value is -2.39. The zero-order valence-electron chi connectivity index (χ0n) is 20.4. The highest BCUT2D eigenvalue weighted by Gasteiger charge is 2.37. The number of benzene rings is 1. The molecule has 2 atom stereocenters. The van der Waals surface area contributed by atoms with Crippen LogP contribution in [0, 0.1) is 11.8 Å². The number of amides is 2. The lowest BCUT2D eigenvalue weighted by atomic mass is 9.85. The number of thioether (sulfide) groups is 1. The standard InChI is InChI=1S/C26H36N4O4S/c1-18-17-35-26(30(18)16-19-8-4-2-5-9-19)29-28-25(33)23(31)22(20-12-14-34-15-13-20)27-24(32)21-10-6-3-7-11-21/h2,4-5,8-9,18,20-22H,3,6-7,10-17H2,1H3,(H,27,32)(H,28,33)/t18-,22-/m1/s1. The molecule has 2 saturated heterocycles. The molecule has 190 valence electrons. The maximum atomic E-state index is 13.2. The number of carbonyl (C=O) groups is 3. The van der Waals surface area contributed by atoms with Crippen molar-refractivity contribution in [2.75, 3.05) is 19.0 Å². The van der Waals surface area contributed by atoms with E-state index in [4.69, 9.17) is 4.74 Å². The number of ketones is 1. The van der Waals surface area contributed by atoms with Gasteiger partial charge < -0.3 is 15.0 Å². The van der Waals surface area contributed by atoms with E-state index in [0.29, 0.717) is 37.8 Å². The van der Waals surface area contributed by atoms with E-state index >= 15 is 0 Å². The first kappa shape index (κ1) is 25.7. The summed E-state index contributed by atoms with van der Waals surface area (Å²) in [6, 6.07) is 9.51. The number of rotatable bonds is 8. The Bertz CT molecular complexity index is 913. The maximum Gasteiger partial charge on any atom is 0.309 e. The first-order valence-corrected chi connectivity index (χ1v) is 13.7. The highest BCUT2D eigenvalue weighted by molar-refractivity contribution is 8.14. The van der Waals surface area contributed by atoms with Crippen LogP contribution >= 0.6 is 11.8 Å². The second-order valence-corrected chi connectivity index (χ2v) is 10.7. The summed E-state index contributed by atoms with van der Waals surface area (Å²) >= 11 is 1.56. The van der Waals surface area contributed by atoms with Crippen molar-refractivity contribution in [2.24, 2.45) is 16.9 Å². The molecule has 8 nitrogen and oxygen atoms in total. The van der Waals surface area contributed by atoms with Crippen LogP contribution in [0.4, 0.5) is 0 Å². The molecule has 3 fully saturated rings. The third-order valence-electron chi connectivity index (χ3n) is 7.20. The molecule has 2 N–H and O–H groups in total. The average Bonchev–Trinajstić information content (AvgIpc) is 3.25. The smallest absolute Gasteiger partial charge is 0.309 e. The van der Waals surface area contributed by atoms with Gasteiger partial charge in [0.2, 0.25) is 11.7 Å². The molecule has 3 aliphatic rings. The van der Waals surface area contributed by atoms with Crippen molar-refractivity contribution in [1.82, 2.24) is 15.6 Å². The molecule has 9 heteroatoms. The van der Waals surface area contributed by atoms with E-state index in [1.54, 1.807) is 11.8 Å². The summed E-state index contributed by atoms with van der Waals surface area (Å²) in [6.07, 6.45) is 6.17. The van der Waals surface area contributed by atoms with Crippen LogP contribution in [0.15, 0.2) is 35.4 Å². The Balaban J connectivity index is 1.41. The zero-order valence-corrected chi connectivity index (χ0v) is 21.2. The molecule has 1 saturated carbocycles. The number of ether oxygens (including phenoxy) is 1. The average molecular weight is 501 g/mol. The molecule has 1 aromatic rings. The molecule has 0 bridgehead atoms. The SMILES string of the molecule is C[C@@H]1CSC(=NNC(=O)C(=O)[C@H](NC(=O)C2CCCCC2)C2CCOCC2)N1Cc1ccccc1. The molecule has 2 heterocycles. The maximum absolute atomic E-state index is 13.2. The van der Waals surface area contributed by atoms with E-state index in [1.807, 2.05) is 18.2 Å². The summed E-state index contributed by atoms with van der Waals surface area (Å²) in [6.45, 7) is 3.86. The summed E-state index contributed by atoms with van der Waals surface area (Å²) < 4.78 is 5.44. The molecular formula is C26H36N4O4S. The molecule has 35 heavy (non-hydrogen) atoms. The summed E-state index contributed by atoms with van der Waals surface area (Å²) in [4.78, 5) is 41.2. The van der Waals surface area contributed by atoms with Gasteiger partial charge in [-0.05, 0) is 44.1 Å². The highest BCUT2D eigenvalue weighted by atomic mass is 32.2. The number of amidine groups is 1. The summed E-state index contributed by atoms with van der Waals surface area (Å²) in [5, 5.41) is 7.95. The van der Waals surface area contributed by atoms with Gasteiger partial charge in [-0.3, -0.25) is 14.4 Å². The minimum Gasteiger partial charge on any atom is -0.381 e. The normalized spacial score (nSPS) is 23.7. The van der Waals surface area contributed by atoms with Gasteiger partial charge in [0.25, 0.3) is 0 Å². The molecule has 0 radical (unpaired) electrons. The van der Waals surface area contributed by atoms with Crippen LogP contribution in [0.3, 0.4) is 0 Å². The van der Waals surface area contributed by atoms with Gasteiger partial charge in [0.05, 0.1) is 0 Å². The fourth-order valence-electron chi connectivity index (χ4n) is 5.03. The van der Waals surface area contributed by atoms with Crippen molar-refractivity contribution in [3.63, 3.8) is 0 Å². The van der Waals surface area contributed by atoms with E-state index in [-0.39, 0.29) is 23.8 Å². The third kappa shape index (κ3) is 6.85. The second-order valence-electron chi connectivity index (χ2n) is 9.74. The zero-order chi connectivity index (χ0) is 24.6. The lowest BCUT2D eigenvalue weighted by Gasteiger charge is -2.31. The van der Waals surface area contributed by atoms with Crippen LogP contribution in [-0.4, -0.2) is 58.7 Å². The Morgan fingerprint density at radius 2 is 1.80 bits per heavy atom. The molecule has 2 aliphatic heterocycles. The first-order chi connectivity index (χ1) is 17.0. The fourth-order valence-corrected chi connectivity index (χ4v) is 6.12. The van der Waals surface area contributed by atoms with Crippen molar-refractivity contribution in [3.8, 4) is 0 Å². The number of hydrogen-bond acceptors (Lipinski definition) is 6. The fraction of sp³-hybridized carbons (Fsp3) is 0.615. The Morgan fingerprint density at radius 3 is 2.51 bits per heavy atom. The van der Waals surface area contributed by atoms with Crippen molar-refractivity contribution in [2.45, 2.75) is 70.5 Å². The predicted molar refractivity (Wildman–Crippen MR) is 137 cm³/mol. The molecular weight excluding hydrogens is 464 g/mol. The third-order valence-corrected chi connectivity index (χ3v) is 8.43. The lowest BCUT2D eigenvalue weighted by Crippen LogP contribution is -2.53. The van der Waals surface area contributed by atoms with Crippen molar-refractivity contribution >= 4 is 34.5 Å². The first-order valence-electron chi connectivity index (χ1n) is 12.8. The minimum absolute atomic E-state index is 0.0786. The molecule has 1 aromatic carbocycles. The topological polar surface area (TPSA) is 100 Å². The van der Waals surface area contributed by atoms with E-state index in [1.165, 1.54) is 0 Å². The van der Waals surface area contributed by atoms with Gasteiger partial charge in [0.1, 0.15) is 6.04 Å². The van der Waals surface area contributed by atoms with Gasteiger partial charge in [0, 0.05) is 37.5 Å². The van der Waals surface area contributed by atoms with Gasteiger partial charge in [-0.15, -0.1) is 5.10 Å². The number of nitrogens with zero attached hydrogens (tertiary/aromatic N) is 2. The number of carbonyl (C=O) groups excluding carboxylic acids is 3. The number of nitrogens with one attached hydrogen (secondary N) is 2. The van der Waals surface area contributed by atoms with E-state index in [2.05, 4.69) is 39.8 Å². The van der Waals surface area contributed by atoms with Crippen LogP contribution in [-0.2, 0) is 25.7 Å². The molecule has 0 unspecified atom stereocenters. The molecule has 0 spiro atoms.